The minimum Gasteiger partial charge on any atom is -0.491 e. The number of benzene rings is 2. The highest BCUT2D eigenvalue weighted by Crippen LogP contribution is 2.26. The Hall–Kier alpha value is -2.93. The number of pyridine rings is 1. The molecular weight excluding hydrogens is 366 g/mol. The summed E-state index contributed by atoms with van der Waals surface area (Å²) in [6.45, 7) is 0.165. The molecule has 0 saturated heterocycles. The zero-order valence-electron chi connectivity index (χ0n) is 13.5. The predicted molar refractivity (Wildman–Crippen MR) is 93.7 cm³/mol. The van der Waals surface area contributed by atoms with Crippen molar-refractivity contribution in [3.63, 3.8) is 0 Å². The number of ether oxygens (including phenoxy) is 1. The van der Waals surface area contributed by atoms with Gasteiger partial charge in [0.05, 0.1) is 18.0 Å². The van der Waals surface area contributed by atoms with Gasteiger partial charge in [-0.25, -0.2) is 8.78 Å². The Morgan fingerprint density at radius 3 is 2.62 bits per heavy atom. The van der Waals surface area contributed by atoms with Crippen molar-refractivity contribution in [2.75, 3.05) is 7.11 Å². The predicted octanol–water partition coefficient (Wildman–Crippen LogP) is 3.40. The number of hydrogen-bond donors (Lipinski definition) is 2. The molecule has 3 rings (SSSR count). The van der Waals surface area contributed by atoms with Crippen molar-refractivity contribution in [2.24, 2.45) is 0 Å². The molecule has 1 amide bonds. The maximum atomic E-state index is 14.2. The van der Waals surface area contributed by atoms with E-state index in [1.165, 1.54) is 0 Å². The van der Waals surface area contributed by atoms with Crippen LogP contribution in [0, 0.1) is 11.6 Å². The number of carbonyl (C=O) groups excluding carboxylic acids is 1. The van der Waals surface area contributed by atoms with E-state index >= 15 is 0 Å². The monoisotopic (exact) mass is 378 g/mol. The lowest BCUT2D eigenvalue weighted by molar-refractivity contribution is 0.0949. The lowest BCUT2D eigenvalue weighted by Crippen LogP contribution is -2.28. The van der Waals surface area contributed by atoms with Crippen LogP contribution in [0.5, 0.6) is 5.75 Å². The first-order chi connectivity index (χ1) is 12.4. The minimum atomic E-state index is -1.03. The maximum Gasteiger partial charge on any atom is 0.257 e. The Morgan fingerprint density at radius 2 is 1.96 bits per heavy atom. The first-order valence-corrected chi connectivity index (χ1v) is 7.90. The standard InChI is InChI=1S/C18H13ClF2N2O3/c1-26-17-13(20)6-11-15(14(17)21)22-8-12(16(11)24)18(25)23-7-9-2-4-10(19)5-3-9/h2-6,8H,7H2,1H3,(H,22,24)(H,23,25). The number of carbonyl (C=O) groups is 1. The fourth-order valence-corrected chi connectivity index (χ4v) is 2.64. The van der Waals surface area contributed by atoms with Gasteiger partial charge in [0, 0.05) is 17.8 Å². The van der Waals surface area contributed by atoms with Crippen LogP contribution < -0.4 is 15.5 Å². The molecule has 1 heterocycles. The molecule has 2 N–H and O–H groups in total. The zero-order chi connectivity index (χ0) is 18.8. The average Bonchev–Trinajstić information content (AvgIpc) is 2.62. The summed E-state index contributed by atoms with van der Waals surface area (Å²) < 4.78 is 32.7. The molecule has 134 valence electrons. The first kappa shape index (κ1) is 17.9. The van der Waals surface area contributed by atoms with Crippen LogP contribution in [-0.4, -0.2) is 18.0 Å². The molecule has 0 aliphatic heterocycles. The van der Waals surface area contributed by atoms with Crippen LogP contribution >= 0.6 is 11.6 Å². The summed E-state index contributed by atoms with van der Waals surface area (Å²) in [5.41, 5.74) is -0.493. The van der Waals surface area contributed by atoms with Gasteiger partial charge in [-0.1, -0.05) is 23.7 Å². The molecule has 0 aliphatic rings. The van der Waals surface area contributed by atoms with Gasteiger partial charge in [-0.15, -0.1) is 0 Å². The molecule has 3 aromatic rings. The zero-order valence-corrected chi connectivity index (χ0v) is 14.3. The van der Waals surface area contributed by atoms with Crippen LogP contribution in [0.4, 0.5) is 8.78 Å². The molecule has 0 aliphatic carbocycles. The van der Waals surface area contributed by atoms with Crippen LogP contribution in [0.3, 0.4) is 0 Å². The summed E-state index contributed by atoms with van der Waals surface area (Å²) in [5, 5.41) is 2.86. The summed E-state index contributed by atoms with van der Waals surface area (Å²) in [6.07, 6.45) is 1.09. The molecule has 1 aromatic heterocycles. The van der Waals surface area contributed by atoms with Crippen LogP contribution in [0.25, 0.3) is 10.9 Å². The number of methoxy groups -OCH3 is 1. The summed E-state index contributed by atoms with van der Waals surface area (Å²) in [7, 11) is 1.12. The summed E-state index contributed by atoms with van der Waals surface area (Å²) in [6, 6.07) is 7.64. The second-order valence-electron chi connectivity index (χ2n) is 5.47. The van der Waals surface area contributed by atoms with Gasteiger partial charge >= 0.3 is 0 Å². The molecule has 0 radical (unpaired) electrons. The number of hydrogen-bond acceptors (Lipinski definition) is 3. The van der Waals surface area contributed by atoms with Gasteiger partial charge < -0.3 is 15.0 Å². The Balaban J connectivity index is 1.92. The highest BCUT2D eigenvalue weighted by atomic mass is 35.5. The largest absolute Gasteiger partial charge is 0.491 e. The van der Waals surface area contributed by atoms with Crippen molar-refractivity contribution in [3.05, 3.63) is 74.5 Å². The van der Waals surface area contributed by atoms with Crippen LogP contribution in [0.15, 0.2) is 41.3 Å². The number of aromatic nitrogens is 1. The van der Waals surface area contributed by atoms with Crippen LogP contribution in [0.1, 0.15) is 15.9 Å². The molecule has 0 fully saturated rings. The molecule has 5 nitrogen and oxygen atoms in total. The molecular formula is C18H13ClF2N2O3. The van der Waals surface area contributed by atoms with Crippen molar-refractivity contribution in [1.29, 1.82) is 0 Å². The molecule has 0 unspecified atom stereocenters. The Kier molecular flexibility index (Phi) is 4.90. The maximum absolute atomic E-state index is 14.2. The van der Waals surface area contributed by atoms with Crippen molar-refractivity contribution < 1.29 is 18.3 Å². The smallest absolute Gasteiger partial charge is 0.257 e. The fraction of sp³-hybridized carbons (Fsp3) is 0.111. The van der Waals surface area contributed by atoms with Crippen molar-refractivity contribution >= 4 is 28.4 Å². The number of nitrogens with one attached hydrogen (secondary N) is 2. The normalized spacial score (nSPS) is 10.8. The Labute approximate surface area is 151 Å². The fourth-order valence-electron chi connectivity index (χ4n) is 2.51. The number of halogens is 3. The van der Waals surface area contributed by atoms with Crippen LogP contribution in [-0.2, 0) is 6.54 Å². The van der Waals surface area contributed by atoms with Gasteiger partial charge in [-0.3, -0.25) is 9.59 Å². The van der Waals surface area contributed by atoms with E-state index in [1.807, 2.05) is 0 Å². The number of fused-ring (bicyclic) bond motifs is 1. The first-order valence-electron chi connectivity index (χ1n) is 7.52. The molecule has 26 heavy (non-hydrogen) atoms. The molecule has 0 saturated carbocycles. The van der Waals surface area contributed by atoms with E-state index in [9.17, 15) is 18.4 Å². The Morgan fingerprint density at radius 1 is 1.27 bits per heavy atom. The van der Waals surface area contributed by atoms with Gasteiger partial charge in [0.25, 0.3) is 5.91 Å². The second kappa shape index (κ2) is 7.13. The quantitative estimate of drug-likeness (QED) is 0.731. The van der Waals surface area contributed by atoms with Gasteiger partial charge in [-0.05, 0) is 23.8 Å². The van der Waals surface area contributed by atoms with E-state index in [4.69, 9.17) is 11.6 Å². The van der Waals surface area contributed by atoms with E-state index in [1.54, 1.807) is 24.3 Å². The van der Waals surface area contributed by atoms with Gasteiger partial charge in [-0.2, -0.15) is 0 Å². The minimum absolute atomic E-state index is 0.165. The number of aromatic amines is 1. The summed E-state index contributed by atoms with van der Waals surface area (Å²) in [4.78, 5) is 27.2. The number of amides is 1. The van der Waals surface area contributed by atoms with Gasteiger partial charge in [0.1, 0.15) is 5.56 Å². The van der Waals surface area contributed by atoms with Crippen molar-refractivity contribution in [3.8, 4) is 5.75 Å². The van der Waals surface area contributed by atoms with Gasteiger partial charge in [0.2, 0.25) is 5.43 Å². The SMILES string of the molecule is COc1c(F)cc2c(=O)c(C(=O)NCc3ccc(Cl)cc3)c[nH]c2c1F. The molecule has 0 spiro atoms. The number of rotatable bonds is 4. The van der Waals surface area contributed by atoms with E-state index in [0.29, 0.717) is 5.02 Å². The third-order valence-corrected chi connectivity index (χ3v) is 4.09. The third kappa shape index (κ3) is 3.25. The summed E-state index contributed by atoms with van der Waals surface area (Å²) in [5.74, 6) is -3.33. The molecule has 0 bridgehead atoms. The topological polar surface area (TPSA) is 71.2 Å². The van der Waals surface area contributed by atoms with Gasteiger partial charge in [0.15, 0.2) is 17.4 Å². The molecule has 0 atom stereocenters. The third-order valence-electron chi connectivity index (χ3n) is 3.84. The highest BCUT2D eigenvalue weighted by Gasteiger charge is 2.20. The van der Waals surface area contributed by atoms with Crippen molar-refractivity contribution in [2.45, 2.75) is 6.54 Å². The lowest BCUT2D eigenvalue weighted by Gasteiger charge is -2.09. The van der Waals surface area contributed by atoms with E-state index in [2.05, 4.69) is 15.0 Å². The molecule has 8 heteroatoms. The van der Waals surface area contributed by atoms with Crippen LogP contribution in [0.2, 0.25) is 5.02 Å². The lowest BCUT2D eigenvalue weighted by atomic mass is 10.1. The summed E-state index contributed by atoms with van der Waals surface area (Å²) >= 11 is 5.79. The van der Waals surface area contributed by atoms with Crippen molar-refractivity contribution in [1.82, 2.24) is 10.3 Å². The average molecular weight is 379 g/mol. The number of H-pyrrole nitrogens is 1. The highest BCUT2D eigenvalue weighted by molar-refractivity contribution is 6.30. The second-order valence-corrected chi connectivity index (χ2v) is 5.91. The van der Waals surface area contributed by atoms with E-state index in [-0.39, 0.29) is 23.0 Å². The van der Waals surface area contributed by atoms with E-state index in [0.717, 1.165) is 24.9 Å². The molecule has 2 aromatic carbocycles. The Bertz CT molecular complexity index is 1050. The van der Waals surface area contributed by atoms with E-state index < -0.39 is 28.7 Å².